The van der Waals surface area contributed by atoms with Crippen LogP contribution in [-0.2, 0) is 27.3 Å². The van der Waals surface area contributed by atoms with Gasteiger partial charge >= 0.3 is 5.97 Å². The van der Waals surface area contributed by atoms with Crippen molar-refractivity contribution in [1.29, 1.82) is 0 Å². The molecule has 2 fully saturated rings. The van der Waals surface area contributed by atoms with E-state index in [1.54, 1.807) is 7.11 Å². The number of ether oxygens (including phenoxy) is 4. The van der Waals surface area contributed by atoms with Crippen molar-refractivity contribution in [3.8, 4) is 11.5 Å². The van der Waals surface area contributed by atoms with E-state index in [0.29, 0.717) is 17.3 Å². The molecular formula is C26H38O5. The molecule has 0 spiro atoms. The van der Waals surface area contributed by atoms with Gasteiger partial charge in [-0.1, -0.05) is 27.2 Å². The Hall–Kier alpha value is -1.75. The van der Waals surface area contributed by atoms with Gasteiger partial charge in [-0.15, -0.1) is 0 Å². The molecule has 5 nitrogen and oxygen atoms in total. The first kappa shape index (κ1) is 22.4. The van der Waals surface area contributed by atoms with E-state index in [4.69, 9.17) is 18.9 Å². The zero-order valence-corrected chi connectivity index (χ0v) is 20.0. The van der Waals surface area contributed by atoms with Gasteiger partial charge in [0.1, 0.15) is 23.7 Å². The van der Waals surface area contributed by atoms with Crippen molar-refractivity contribution in [2.24, 2.45) is 22.7 Å². The first-order chi connectivity index (χ1) is 14.6. The second-order valence-electron chi connectivity index (χ2n) is 11.0. The van der Waals surface area contributed by atoms with Crippen molar-refractivity contribution in [3.63, 3.8) is 0 Å². The Morgan fingerprint density at radius 3 is 2.61 bits per heavy atom. The highest BCUT2D eigenvalue weighted by Gasteiger charge is 2.60. The fourth-order valence-electron chi connectivity index (χ4n) is 7.12. The zero-order valence-electron chi connectivity index (χ0n) is 20.0. The van der Waals surface area contributed by atoms with Crippen molar-refractivity contribution in [3.05, 3.63) is 23.3 Å². The number of benzene rings is 1. The minimum atomic E-state index is -0.295. The van der Waals surface area contributed by atoms with Crippen LogP contribution in [0.4, 0.5) is 0 Å². The third-order valence-corrected chi connectivity index (χ3v) is 8.49. The lowest BCUT2D eigenvalue weighted by atomic mass is 9.44. The van der Waals surface area contributed by atoms with Gasteiger partial charge in [-0.2, -0.15) is 0 Å². The van der Waals surface area contributed by atoms with E-state index in [2.05, 4.69) is 27.7 Å². The quantitative estimate of drug-likeness (QED) is 0.445. The smallest absolute Gasteiger partial charge is 0.302 e. The normalized spacial score (nSPS) is 33.4. The summed E-state index contributed by atoms with van der Waals surface area (Å²) in [4.78, 5) is 11.3. The van der Waals surface area contributed by atoms with Crippen LogP contribution in [-0.4, -0.2) is 25.5 Å². The molecule has 1 aliphatic heterocycles. The van der Waals surface area contributed by atoms with Crippen LogP contribution in [0.15, 0.2) is 12.1 Å². The SMILES string of the molecule is COCOc1cc(COC(C)=O)cc2c1C[C@H]1C(C)(CC[C@H]3C(C)(C)CCC[C@@]31C)O2. The summed E-state index contributed by atoms with van der Waals surface area (Å²) < 4.78 is 23.2. The Bertz CT molecular complexity index is 846. The maximum absolute atomic E-state index is 11.3. The van der Waals surface area contributed by atoms with Crippen molar-refractivity contribution in [2.75, 3.05) is 13.9 Å². The lowest BCUT2D eigenvalue weighted by Gasteiger charge is -2.63. The molecule has 5 heteroatoms. The van der Waals surface area contributed by atoms with E-state index in [0.717, 1.165) is 35.5 Å². The van der Waals surface area contributed by atoms with Gasteiger partial charge in [0.15, 0.2) is 6.79 Å². The molecule has 3 aliphatic rings. The van der Waals surface area contributed by atoms with Crippen LogP contribution >= 0.6 is 0 Å². The molecule has 1 aromatic rings. The molecule has 2 saturated carbocycles. The van der Waals surface area contributed by atoms with E-state index in [9.17, 15) is 4.79 Å². The molecule has 1 aromatic carbocycles. The molecule has 0 N–H and O–H groups in total. The fourth-order valence-corrected chi connectivity index (χ4v) is 7.12. The Kier molecular flexibility index (Phi) is 5.78. The summed E-state index contributed by atoms with van der Waals surface area (Å²) in [5.41, 5.74) is 2.43. The molecule has 4 rings (SSSR count). The number of carbonyl (C=O) groups is 1. The number of hydrogen-bond acceptors (Lipinski definition) is 5. The molecule has 1 heterocycles. The van der Waals surface area contributed by atoms with Crippen molar-refractivity contribution >= 4 is 5.97 Å². The van der Waals surface area contributed by atoms with Gasteiger partial charge in [-0.05, 0) is 73.5 Å². The summed E-state index contributed by atoms with van der Waals surface area (Å²) >= 11 is 0. The van der Waals surface area contributed by atoms with E-state index < -0.39 is 0 Å². The average Bonchev–Trinajstić information content (AvgIpc) is 2.68. The first-order valence-corrected chi connectivity index (χ1v) is 11.7. The van der Waals surface area contributed by atoms with E-state index in [1.807, 2.05) is 12.1 Å². The molecule has 0 aromatic heterocycles. The standard InChI is InChI=1S/C26H38O5/c1-17(27)29-15-18-12-20(30-16-28-6)19-14-23-25(4)10-7-9-24(2,3)22(25)8-11-26(23,5)31-21(19)13-18/h12-13,22-23H,7-11,14-16H2,1-6H3/t22-,23+,25-,26?/m0/s1. The summed E-state index contributed by atoms with van der Waals surface area (Å²) in [7, 11) is 1.62. The second-order valence-corrected chi connectivity index (χ2v) is 11.0. The van der Waals surface area contributed by atoms with Crippen LogP contribution in [0.2, 0.25) is 0 Å². The minimum absolute atomic E-state index is 0.179. The monoisotopic (exact) mass is 430 g/mol. The van der Waals surface area contributed by atoms with Gasteiger partial charge in [0.05, 0.1) is 0 Å². The lowest BCUT2D eigenvalue weighted by Crippen LogP contribution is -2.61. The topological polar surface area (TPSA) is 54.0 Å². The van der Waals surface area contributed by atoms with Crippen LogP contribution in [0, 0.1) is 22.7 Å². The highest BCUT2D eigenvalue weighted by molar-refractivity contribution is 5.66. The van der Waals surface area contributed by atoms with Crippen LogP contribution in [0.25, 0.3) is 0 Å². The molecule has 0 bridgehead atoms. The Balaban J connectivity index is 1.72. The van der Waals surface area contributed by atoms with Crippen molar-refractivity contribution in [2.45, 2.75) is 85.4 Å². The predicted octanol–water partition coefficient (Wildman–Crippen LogP) is 5.67. The molecule has 1 unspecified atom stereocenters. The molecule has 0 amide bonds. The summed E-state index contributed by atoms with van der Waals surface area (Å²) in [5, 5.41) is 0. The van der Waals surface area contributed by atoms with E-state index in [1.165, 1.54) is 32.6 Å². The Labute approximate surface area is 186 Å². The van der Waals surface area contributed by atoms with Crippen LogP contribution < -0.4 is 9.47 Å². The summed E-state index contributed by atoms with van der Waals surface area (Å²) in [6.45, 7) is 11.6. The maximum Gasteiger partial charge on any atom is 0.302 e. The van der Waals surface area contributed by atoms with Crippen LogP contribution in [0.5, 0.6) is 11.5 Å². The van der Waals surface area contributed by atoms with Gasteiger partial charge in [-0.25, -0.2) is 0 Å². The van der Waals surface area contributed by atoms with Crippen molar-refractivity contribution < 1.29 is 23.7 Å². The second kappa shape index (κ2) is 7.99. The first-order valence-electron chi connectivity index (χ1n) is 11.7. The number of fused-ring (bicyclic) bond motifs is 4. The van der Waals surface area contributed by atoms with Crippen LogP contribution in [0.1, 0.15) is 77.8 Å². The number of esters is 1. The predicted molar refractivity (Wildman–Crippen MR) is 119 cm³/mol. The Morgan fingerprint density at radius 1 is 1.13 bits per heavy atom. The maximum atomic E-state index is 11.3. The summed E-state index contributed by atoms with van der Waals surface area (Å²) in [5.74, 6) is 2.51. The highest BCUT2D eigenvalue weighted by atomic mass is 16.7. The van der Waals surface area contributed by atoms with E-state index in [-0.39, 0.29) is 30.4 Å². The third kappa shape index (κ3) is 3.94. The molecule has 2 aliphatic carbocycles. The van der Waals surface area contributed by atoms with Crippen molar-refractivity contribution in [1.82, 2.24) is 0 Å². The van der Waals surface area contributed by atoms with Gasteiger partial charge in [-0.3, -0.25) is 4.79 Å². The summed E-state index contributed by atoms with van der Waals surface area (Å²) in [6.07, 6.45) is 7.10. The van der Waals surface area contributed by atoms with Gasteiger partial charge in [0, 0.05) is 25.5 Å². The van der Waals surface area contributed by atoms with Gasteiger partial charge < -0.3 is 18.9 Å². The minimum Gasteiger partial charge on any atom is -0.487 e. The third-order valence-electron chi connectivity index (χ3n) is 8.49. The number of methoxy groups -OCH3 is 1. The lowest BCUT2D eigenvalue weighted by molar-refractivity contribution is -0.163. The number of hydrogen-bond donors (Lipinski definition) is 0. The van der Waals surface area contributed by atoms with E-state index >= 15 is 0 Å². The molecule has 4 atom stereocenters. The molecule has 31 heavy (non-hydrogen) atoms. The zero-order chi connectivity index (χ0) is 22.4. The Morgan fingerprint density at radius 2 is 1.90 bits per heavy atom. The largest absolute Gasteiger partial charge is 0.487 e. The van der Waals surface area contributed by atoms with Gasteiger partial charge in [0.2, 0.25) is 0 Å². The van der Waals surface area contributed by atoms with Crippen LogP contribution in [0.3, 0.4) is 0 Å². The molecule has 0 radical (unpaired) electrons. The van der Waals surface area contributed by atoms with Gasteiger partial charge in [0.25, 0.3) is 0 Å². The fraction of sp³-hybridized carbons (Fsp3) is 0.731. The average molecular weight is 431 g/mol. The summed E-state index contributed by atoms with van der Waals surface area (Å²) in [6, 6.07) is 4.00. The number of carbonyl (C=O) groups excluding carboxylic acids is 1. The molecule has 0 saturated heterocycles. The number of rotatable bonds is 5. The molecule has 172 valence electrons. The molecular weight excluding hydrogens is 392 g/mol. The highest BCUT2D eigenvalue weighted by Crippen LogP contribution is 2.65.